The molecule has 5 heteroatoms. The molecule has 0 bridgehead atoms. The molecule has 0 aromatic carbocycles. The first kappa shape index (κ1) is 17.0. The summed E-state index contributed by atoms with van der Waals surface area (Å²) in [4.78, 5) is 14.5. The highest BCUT2D eigenvalue weighted by Crippen LogP contribution is 2.26. The Kier molecular flexibility index (Phi) is 6.02. The molecule has 1 heterocycles. The summed E-state index contributed by atoms with van der Waals surface area (Å²) in [5, 5.41) is 15.2. The average Bonchev–Trinajstić information content (AvgIpc) is 2.68. The Balaban J connectivity index is 2.64. The monoisotopic (exact) mass is 298 g/mol. The summed E-state index contributed by atoms with van der Waals surface area (Å²) in [5.74, 6) is 0. The van der Waals surface area contributed by atoms with Crippen LogP contribution in [-0.4, -0.2) is 23.3 Å². The minimum atomic E-state index is -0.557. The molecule has 1 aromatic heterocycles. The van der Waals surface area contributed by atoms with Gasteiger partial charge in [-0.1, -0.05) is 13.3 Å². The molecule has 0 aliphatic heterocycles. The summed E-state index contributed by atoms with van der Waals surface area (Å²) in [5.41, 5.74) is 0.599. The van der Waals surface area contributed by atoms with Crippen molar-refractivity contribution in [1.29, 1.82) is 0 Å². The predicted molar refractivity (Wildman–Crippen MR) is 84.3 cm³/mol. The summed E-state index contributed by atoms with van der Waals surface area (Å²) in [6.07, 6.45) is 1.66. The molecule has 2 amide bonds. The Morgan fingerprint density at radius 1 is 1.50 bits per heavy atom. The number of urea groups is 1. The first-order valence-electron chi connectivity index (χ1n) is 7.07. The third-order valence-electron chi connectivity index (χ3n) is 3.46. The first-order chi connectivity index (χ1) is 9.31. The number of amides is 2. The molecule has 0 spiro atoms. The number of thiophene rings is 1. The fourth-order valence-electron chi connectivity index (χ4n) is 2.40. The van der Waals surface area contributed by atoms with Crippen LogP contribution in [0.15, 0.2) is 6.07 Å². The first-order valence-corrected chi connectivity index (χ1v) is 7.89. The van der Waals surface area contributed by atoms with Gasteiger partial charge < -0.3 is 15.7 Å². The van der Waals surface area contributed by atoms with Gasteiger partial charge >= 0.3 is 6.03 Å². The van der Waals surface area contributed by atoms with Crippen LogP contribution >= 0.6 is 11.3 Å². The molecule has 4 nitrogen and oxygen atoms in total. The zero-order valence-corrected chi connectivity index (χ0v) is 13.9. The van der Waals surface area contributed by atoms with Crippen molar-refractivity contribution in [2.24, 2.45) is 0 Å². The average molecular weight is 298 g/mol. The van der Waals surface area contributed by atoms with Gasteiger partial charge in [-0.15, -0.1) is 11.3 Å². The Hall–Kier alpha value is -1.07. The standard InChI is InChI=1S/C15H26N2O2S/c1-6-7-15(5,9-18)17-14(19)16-11(3)13-8-10(2)20-12(13)4/h8,11,18H,6-7,9H2,1-5H3,(H2,16,17,19). The molecule has 0 aliphatic carbocycles. The maximum atomic E-state index is 12.1. The molecular formula is C15H26N2O2S. The number of aryl methyl sites for hydroxylation is 2. The molecule has 0 saturated carbocycles. The van der Waals surface area contributed by atoms with Gasteiger partial charge in [0.05, 0.1) is 18.2 Å². The Morgan fingerprint density at radius 3 is 2.60 bits per heavy atom. The van der Waals surface area contributed by atoms with Gasteiger partial charge in [-0.2, -0.15) is 0 Å². The van der Waals surface area contributed by atoms with E-state index in [-0.39, 0.29) is 18.7 Å². The third-order valence-corrected chi connectivity index (χ3v) is 4.44. The molecule has 1 aromatic rings. The summed E-state index contributed by atoms with van der Waals surface area (Å²) in [7, 11) is 0. The van der Waals surface area contributed by atoms with Gasteiger partial charge in [0.2, 0.25) is 0 Å². The normalized spacial score (nSPS) is 15.5. The second-order valence-corrected chi connectivity index (χ2v) is 7.12. The van der Waals surface area contributed by atoms with E-state index in [2.05, 4.69) is 30.5 Å². The van der Waals surface area contributed by atoms with E-state index in [0.717, 1.165) is 18.4 Å². The Labute approximate surface area is 125 Å². The lowest BCUT2D eigenvalue weighted by Crippen LogP contribution is -2.52. The van der Waals surface area contributed by atoms with E-state index in [1.165, 1.54) is 9.75 Å². The molecule has 0 aliphatic rings. The fraction of sp³-hybridized carbons (Fsp3) is 0.667. The topological polar surface area (TPSA) is 61.4 Å². The van der Waals surface area contributed by atoms with Crippen molar-refractivity contribution in [3.63, 3.8) is 0 Å². The van der Waals surface area contributed by atoms with Crippen LogP contribution in [0.3, 0.4) is 0 Å². The van der Waals surface area contributed by atoms with Gasteiger partial charge in [-0.3, -0.25) is 0 Å². The van der Waals surface area contributed by atoms with Crippen LogP contribution in [-0.2, 0) is 0 Å². The summed E-state index contributed by atoms with van der Waals surface area (Å²) in [6, 6.07) is 1.85. The van der Waals surface area contributed by atoms with E-state index in [1.807, 2.05) is 20.8 Å². The molecule has 0 fully saturated rings. The summed E-state index contributed by atoms with van der Waals surface area (Å²) >= 11 is 1.74. The second-order valence-electron chi connectivity index (χ2n) is 5.66. The molecule has 0 radical (unpaired) electrons. The largest absolute Gasteiger partial charge is 0.394 e. The molecule has 2 atom stereocenters. The van der Waals surface area contributed by atoms with Gasteiger partial charge in [-0.25, -0.2) is 4.79 Å². The van der Waals surface area contributed by atoms with Gasteiger partial charge in [0.25, 0.3) is 0 Å². The van der Waals surface area contributed by atoms with Gasteiger partial charge in [-0.05, 0) is 45.7 Å². The van der Waals surface area contributed by atoms with E-state index in [1.54, 1.807) is 11.3 Å². The Bertz CT molecular complexity index is 459. The second kappa shape index (κ2) is 7.09. The number of carbonyl (C=O) groups is 1. The third kappa shape index (κ3) is 4.49. The molecule has 0 saturated heterocycles. The van der Waals surface area contributed by atoms with Crippen LogP contribution < -0.4 is 10.6 Å². The van der Waals surface area contributed by atoms with Crippen molar-refractivity contribution in [1.82, 2.24) is 10.6 Å². The van der Waals surface area contributed by atoms with E-state index >= 15 is 0 Å². The van der Waals surface area contributed by atoms with Crippen molar-refractivity contribution < 1.29 is 9.90 Å². The smallest absolute Gasteiger partial charge is 0.315 e. The van der Waals surface area contributed by atoms with Gasteiger partial charge in [0, 0.05) is 9.75 Å². The molecule has 1 rings (SSSR count). The van der Waals surface area contributed by atoms with E-state index in [4.69, 9.17) is 0 Å². The minimum absolute atomic E-state index is 0.0375. The van der Waals surface area contributed by atoms with Crippen molar-refractivity contribution in [2.45, 2.75) is 59.0 Å². The number of aliphatic hydroxyl groups excluding tert-OH is 1. The van der Waals surface area contributed by atoms with Crippen LogP contribution in [0, 0.1) is 13.8 Å². The van der Waals surface area contributed by atoms with E-state index in [0.29, 0.717) is 0 Å². The summed E-state index contributed by atoms with van der Waals surface area (Å²) < 4.78 is 0. The van der Waals surface area contributed by atoms with Crippen molar-refractivity contribution >= 4 is 17.4 Å². The fourth-order valence-corrected chi connectivity index (χ4v) is 3.42. The maximum absolute atomic E-state index is 12.1. The van der Waals surface area contributed by atoms with Gasteiger partial charge in [0.1, 0.15) is 0 Å². The molecule has 3 N–H and O–H groups in total. The lowest BCUT2D eigenvalue weighted by Gasteiger charge is -2.29. The molecular weight excluding hydrogens is 272 g/mol. The molecule has 114 valence electrons. The van der Waals surface area contributed by atoms with Crippen LogP contribution in [0.4, 0.5) is 4.79 Å². The van der Waals surface area contributed by atoms with E-state index < -0.39 is 5.54 Å². The highest BCUT2D eigenvalue weighted by molar-refractivity contribution is 7.12. The van der Waals surface area contributed by atoms with Crippen LogP contribution in [0.5, 0.6) is 0 Å². The number of rotatable bonds is 6. The van der Waals surface area contributed by atoms with E-state index in [9.17, 15) is 9.90 Å². The van der Waals surface area contributed by atoms with Crippen molar-refractivity contribution in [2.75, 3.05) is 6.61 Å². The zero-order valence-electron chi connectivity index (χ0n) is 13.0. The minimum Gasteiger partial charge on any atom is -0.394 e. The molecule has 20 heavy (non-hydrogen) atoms. The predicted octanol–water partition coefficient (Wildman–Crippen LogP) is 3.28. The lowest BCUT2D eigenvalue weighted by atomic mass is 9.97. The highest BCUT2D eigenvalue weighted by atomic mass is 32.1. The maximum Gasteiger partial charge on any atom is 0.315 e. The Morgan fingerprint density at radius 2 is 2.15 bits per heavy atom. The van der Waals surface area contributed by atoms with Crippen molar-refractivity contribution in [3.05, 3.63) is 21.4 Å². The number of hydrogen-bond donors (Lipinski definition) is 3. The van der Waals surface area contributed by atoms with Crippen LogP contribution in [0.25, 0.3) is 0 Å². The van der Waals surface area contributed by atoms with Crippen LogP contribution in [0.2, 0.25) is 0 Å². The molecule has 2 unspecified atom stereocenters. The highest BCUT2D eigenvalue weighted by Gasteiger charge is 2.25. The van der Waals surface area contributed by atoms with Crippen molar-refractivity contribution in [3.8, 4) is 0 Å². The quantitative estimate of drug-likeness (QED) is 0.755. The summed E-state index contributed by atoms with van der Waals surface area (Å²) in [6.45, 7) is 9.95. The zero-order chi connectivity index (χ0) is 15.3. The number of aliphatic hydroxyl groups is 1. The number of hydrogen-bond acceptors (Lipinski definition) is 3. The van der Waals surface area contributed by atoms with Gasteiger partial charge in [0.15, 0.2) is 0 Å². The lowest BCUT2D eigenvalue weighted by molar-refractivity contribution is 0.162. The number of carbonyl (C=O) groups excluding carboxylic acids is 1. The number of nitrogens with one attached hydrogen (secondary N) is 2. The SMILES string of the molecule is CCCC(C)(CO)NC(=O)NC(C)c1cc(C)sc1C. The van der Waals surface area contributed by atoms with Crippen LogP contribution in [0.1, 0.15) is 55.0 Å².